The number of hydrogen-bond acceptors (Lipinski definition) is 4. The van der Waals surface area contributed by atoms with E-state index in [1.807, 2.05) is 28.8 Å². The summed E-state index contributed by atoms with van der Waals surface area (Å²) in [6, 6.07) is 14.6. The number of nitrogens with zero attached hydrogens (tertiary/aromatic N) is 3. The Hall–Kier alpha value is -3.18. The Morgan fingerprint density at radius 2 is 1.89 bits per heavy atom. The van der Waals surface area contributed by atoms with Gasteiger partial charge in [-0.05, 0) is 42.0 Å². The minimum absolute atomic E-state index is 0.110. The third-order valence-electron chi connectivity index (χ3n) is 4.33. The second kappa shape index (κ2) is 7.21. The minimum Gasteiger partial charge on any atom is -0.497 e. The SMILES string of the molecule is COc1cccc(Cn2cc(C(=O)c3ccc(Cl)cc3)c3nccnc32)c1. The van der Waals surface area contributed by atoms with Crippen LogP contribution in [0.4, 0.5) is 0 Å². The lowest BCUT2D eigenvalue weighted by Crippen LogP contribution is -2.01. The number of methoxy groups -OCH3 is 1. The lowest BCUT2D eigenvalue weighted by Gasteiger charge is -2.06. The van der Waals surface area contributed by atoms with Crippen LogP contribution in [0.15, 0.2) is 67.1 Å². The topological polar surface area (TPSA) is 57.0 Å². The zero-order valence-electron chi connectivity index (χ0n) is 14.6. The summed E-state index contributed by atoms with van der Waals surface area (Å²) in [5.41, 5.74) is 3.37. The molecule has 0 atom stereocenters. The summed E-state index contributed by atoms with van der Waals surface area (Å²) in [5, 5.41) is 0.590. The maximum atomic E-state index is 13.0. The number of ether oxygens (including phenoxy) is 1. The van der Waals surface area contributed by atoms with E-state index in [0.717, 1.165) is 11.3 Å². The molecule has 0 amide bonds. The van der Waals surface area contributed by atoms with Crippen LogP contribution in [0, 0.1) is 0 Å². The van der Waals surface area contributed by atoms with Gasteiger partial charge in [-0.1, -0.05) is 23.7 Å². The molecule has 0 saturated carbocycles. The molecule has 0 aliphatic heterocycles. The minimum atomic E-state index is -0.110. The number of hydrogen-bond donors (Lipinski definition) is 0. The summed E-state index contributed by atoms with van der Waals surface area (Å²) in [7, 11) is 1.64. The van der Waals surface area contributed by atoms with Gasteiger partial charge in [-0.25, -0.2) is 4.98 Å². The van der Waals surface area contributed by atoms with Crippen molar-refractivity contribution in [3.8, 4) is 5.75 Å². The molecule has 0 aliphatic rings. The monoisotopic (exact) mass is 377 g/mol. The number of halogens is 1. The highest BCUT2D eigenvalue weighted by molar-refractivity contribution is 6.30. The largest absolute Gasteiger partial charge is 0.497 e. The second-order valence-corrected chi connectivity index (χ2v) is 6.52. The summed E-state index contributed by atoms with van der Waals surface area (Å²) < 4.78 is 7.22. The van der Waals surface area contributed by atoms with Gasteiger partial charge in [-0.15, -0.1) is 0 Å². The quantitative estimate of drug-likeness (QED) is 0.484. The van der Waals surface area contributed by atoms with Gasteiger partial charge in [0.05, 0.1) is 12.7 Å². The molecule has 0 radical (unpaired) electrons. The molecule has 5 nitrogen and oxygen atoms in total. The van der Waals surface area contributed by atoms with Gasteiger partial charge in [-0.2, -0.15) is 0 Å². The maximum absolute atomic E-state index is 13.0. The first-order valence-corrected chi connectivity index (χ1v) is 8.76. The zero-order valence-corrected chi connectivity index (χ0v) is 15.3. The summed E-state index contributed by atoms with van der Waals surface area (Å²) in [5.74, 6) is 0.675. The molecule has 2 aromatic heterocycles. The van der Waals surface area contributed by atoms with Crippen LogP contribution in [-0.2, 0) is 6.54 Å². The van der Waals surface area contributed by atoms with E-state index in [1.54, 1.807) is 50.0 Å². The van der Waals surface area contributed by atoms with Gasteiger partial charge in [0.15, 0.2) is 11.4 Å². The van der Waals surface area contributed by atoms with E-state index in [2.05, 4.69) is 9.97 Å². The Morgan fingerprint density at radius 3 is 2.67 bits per heavy atom. The summed E-state index contributed by atoms with van der Waals surface area (Å²) >= 11 is 5.93. The van der Waals surface area contributed by atoms with Crippen molar-refractivity contribution in [1.29, 1.82) is 0 Å². The molecular weight excluding hydrogens is 362 g/mol. The van der Waals surface area contributed by atoms with E-state index < -0.39 is 0 Å². The molecule has 0 saturated heterocycles. The molecule has 0 bridgehead atoms. The predicted octanol–water partition coefficient (Wildman–Crippen LogP) is 4.37. The standard InChI is InChI=1S/C21H16ClN3O2/c1-27-17-4-2-3-14(11-17)12-25-13-18(19-21(25)24-10-9-23-19)20(26)15-5-7-16(22)8-6-15/h2-11,13H,12H2,1H3. The Kier molecular flexibility index (Phi) is 4.60. The summed E-state index contributed by atoms with van der Waals surface area (Å²) in [6.45, 7) is 0.556. The zero-order chi connectivity index (χ0) is 18.8. The Labute approximate surface area is 161 Å². The molecule has 0 fully saturated rings. The average Bonchev–Trinajstić information content (AvgIpc) is 3.07. The highest BCUT2D eigenvalue weighted by Crippen LogP contribution is 2.23. The van der Waals surface area contributed by atoms with E-state index in [9.17, 15) is 4.79 Å². The summed E-state index contributed by atoms with van der Waals surface area (Å²) in [6.07, 6.45) is 5.03. The van der Waals surface area contributed by atoms with E-state index in [-0.39, 0.29) is 5.78 Å². The van der Waals surface area contributed by atoms with Gasteiger partial charge in [0.2, 0.25) is 0 Å². The maximum Gasteiger partial charge on any atom is 0.196 e. The number of carbonyl (C=O) groups is 1. The number of aromatic nitrogens is 3. The average molecular weight is 378 g/mol. The van der Waals surface area contributed by atoms with Crippen LogP contribution in [0.2, 0.25) is 5.02 Å². The van der Waals surface area contributed by atoms with Crippen molar-refractivity contribution in [3.63, 3.8) is 0 Å². The van der Waals surface area contributed by atoms with Crippen molar-refractivity contribution >= 4 is 28.5 Å². The third-order valence-corrected chi connectivity index (χ3v) is 4.58. The molecule has 4 aromatic rings. The molecule has 0 spiro atoms. The van der Waals surface area contributed by atoms with Crippen LogP contribution >= 0.6 is 11.6 Å². The van der Waals surface area contributed by atoms with Crippen LogP contribution in [0.3, 0.4) is 0 Å². The first-order chi connectivity index (χ1) is 13.2. The third kappa shape index (κ3) is 3.41. The van der Waals surface area contributed by atoms with Crippen molar-refractivity contribution in [2.75, 3.05) is 7.11 Å². The predicted molar refractivity (Wildman–Crippen MR) is 105 cm³/mol. The molecule has 4 rings (SSSR count). The number of fused-ring (bicyclic) bond motifs is 1. The fourth-order valence-electron chi connectivity index (χ4n) is 3.02. The van der Waals surface area contributed by atoms with Gasteiger partial charge >= 0.3 is 0 Å². The highest BCUT2D eigenvalue weighted by atomic mass is 35.5. The number of carbonyl (C=O) groups excluding carboxylic acids is 1. The lowest BCUT2D eigenvalue weighted by atomic mass is 10.1. The Bertz CT molecular complexity index is 1120. The molecule has 2 aromatic carbocycles. The van der Waals surface area contributed by atoms with E-state index in [4.69, 9.17) is 16.3 Å². The Balaban J connectivity index is 1.76. The smallest absolute Gasteiger partial charge is 0.196 e. The normalized spacial score (nSPS) is 10.9. The van der Waals surface area contributed by atoms with Crippen LogP contribution in [0.25, 0.3) is 11.2 Å². The molecule has 0 aliphatic carbocycles. The van der Waals surface area contributed by atoms with Gasteiger partial charge in [0, 0.05) is 35.7 Å². The molecule has 2 heterocycles. The van der Waals surface area contributed by atoms with Crippen molar-refractivity contribution < 1.29 is 9.53 Å². The first kappa shape index (κ1) is 17.2. The van der Waals surface area contributed by atoms with Crippen molar-refractivity contribution in [2.45, 2.75) is 6.54 Å². The number of rotatable bonds is 5. The van der Waals surface area contributed by atoms with Crippen LogP contribution < -0.4 is 4.74 Å². The van der Waals surface area contributed by atoms with Crippen molar-refractivity contribution in [1.82, 2.24) is 14.5 Å². The van der Waals surface area contributed by atoms with Gasteiger partial charge < -0.3 is 9.30 Å². The Morgan fingerprint density at radius 1 is 1.11 bits per heavy atom. The lowest BCUT2D eigenvalue weighted by molar-refractivity contribution is 0.104. The summed E-state index contributed by atoms with van der Waals surface area (Å²) in [4.78, 5) is 21.8. The van der Waals surface area contributed by atoms with E-state index in [1.165, 1.54) is 0 Å². The molecule has 0 N–H and O–H groups in total. The number of benzene rings is 2. The molecule has 27 heavy (non-hydrogen) atoms. The second-order valence-electron chi connectivity index (χ2n) is 6.09. The highest BCUT2D eigenvalue weighted by Gasteiger charge is 2.18. The van der Waals surface area contributed by atoms with Crippen molar-refractivity contribution in [2.24, 2.45) is 0 Å². The molecular formula is C21H16ClN3O2. The molecule has 6 heteroatoms. The fourth-order valence-corrected chi connectivity index (χ4v) is 3.15. The fraction of sp³-hybridized carbons (Fsp3) is 0.0952. The number of ketones is 1. The van der Waals surface area contributed by atoms with Crippen LogP contribution in [0.5, 0.6) is 5.75 Å². The van der Waals surface area contributed by atoms with Crippen molar-refractivity contribution in [3.05, 3.63) is 88.8 Å². The van der Waals surface area contributed by atoms with Gasteiger partial charge in [-0.3, -0.25) is 9.78 Å². The van der Waals surface area contributed by atoms with Gasteiger partial charge in [0.25, 0.3) is 0 Å². The van der Waals surface area contributed by atoms with E-state index in [0.29, 0.717) is 33.9 Å². The van der Waals surface area contributed by atoms with Gasteiger partial charge in [0.1, 0.15) is 11.3 Å². The van der Waals surface area contributed by atoms with Crippen LogP contribution in [0.1, 0.15) is 21.5 Å². The van der Waals surface area contributed by atoms with E-state index >= 15 is 0 Å². The molecule has 134 valence electrons. The molecule has 0 unspecified atom stereocenters. The van der Waals surface area contributed by atoms with Crippen LogP contribution in [-0.4, -0.2) is 27.4 Å². The first-order valence-electron chi connectivity index (χ1n) is 8.39.